The number of fused-ring (bicyclic) bond motifs is 2. The molecule has 1 unspecified atom stereocenters. The van der Waals surface area contributed by atoms with Gasteiger partial charge in [-0.05, 0) is 50.7 Å². The SMILES string of the molecule is CCN1C(=O)CCCCOc2cc(F)ccc2CCC(=O)c2nc3n(c(=O)c2O)C[C@@H](OC)CCC31. The minimum atomic E-state index is -0.729. The number of carbonyl (C=O) groups is 2. The topological polar surface area (TPSA) is 111 Å². The van der Waals surface area contributed by atoms with Crippen molar-refractivity contribution < 1.29 is 28.6 Å². The predicted molar refractivity (Wildman–Crippen MR) is 129 cm³/mol. The third-order valence-electron chi connectivity index (χ3n) is 6.95. The predicted octanol–water partition coefficient (Wildman–Crippen LogP) is 3.16. The summed E-state index contributed by atoms with van der Waals surface area (Å²) in [4.78, 5) is 45.8. The van der Waals surface area contributed by atoms with Crippen molar-refractivity contribution in [1.82, 2.24) is 14.5 Å². The number of rotatable bonds is 2. The number of benzene rings is 1. The van der Waals surface area contributed by atoms with Crippen molar-refractivity contribution in [3.05, 3.63) is 51.5 Å². The van der Waals surface area contributed by atoms with Gasteiger partial charge in [-0.15, -0.1) is 0 Å². The van der Waals surface area contributed by atoms with Gasteiger partial charge in [0.1, 0.15) is 17.4 Å². The number of aromatic hydroxyl groups is 1. The van der Waals surface area contributed by atoms with Crippen molar-refractivity contribution in [3.8, 4) is 11.5 Å². The van der Waals surface area contributed by atoms with Crippen molar-refractivity contribution in [2.45, 2.75) is 70.6 Å². The van der Waals surface area contributed by atoms with E-state index < -0.39 is 29.0 Å². The maximum Gasteiger partial charge on any atom is 0.296 e. The first-order chi connectivity index (χ1) is 17.3. The molecule has 0 radical (unpaired) electrons. The highest BCUT2D eigenvalue weighted by Crippen LogP contribution is 2.31. The van der Waals surface area contributed by atoms with E-state index in [4.69, 9.17) is 9.47 Å². The summed E-state index contributed by atoms with van der Waals surface area (Å²) in [5.74, 6) is -1.17. The minimum absolute atomic E-state index is 0.0623. The highest BCUT2D eigenvalue weighted by molar-refractivity contribution is 5.96. The van der Waals surface area contributed by atoms with Gasteiger partial charge in [-0.1, -0.05) is 6.07 Å². The van der Waals surface area contributed by atoms with Crippen LogP contribution in [0.4, 0.5) is 4.39 Å². The number of ketones is 1. The van der Waals surface area contributed by atoms with Crippen LogP contribution >= 0.6 is 0 Å². The van der Waals surface area contributed by atoms with Gasteiger partial charge in [0.15, 0.2) is 11.5 Å². The van der Waals surface area contributed by atoms with E-state index in [1.54, 1.807) is 18.1 Å². The van der Waals surface area contributed by atoms with Gasteiger partial charge in [-0.25, -0.2) is 9.37 Å². The summed E-state index contributed by atoms with van der Waals surface area (Å²) in [5, 5.41) is 10.7. The van der Waals surface area contributed by atoms with E-state index in [1.807, 2.05) is 6.92 Å². The molecule has 2 bridgehead atoms. The Hall–Kier alpha value is -3.27. The molecule has 1 aromatic carbocycles. The molecule has 194 valence electrons. The number of ether oxygens (including phenoxy) is 2. The maximum atomic E-state index is 13.8. The van der Waals surface area contributed by atoms with Crippen molar-refractivity contribution in [2.24, 2.45) is 0 Å². The molecule has 2 aliphatic heterocycles. The average molecular weight is 502 g/mol. The lowest BCUT2D eigenvalue weighted by Gasteiger charge is -2.31. The van der Waals surface area contributed by atoms with Crippen molar-refractivity contribution in [3.63, 3.8) is 0 Å². The number of carbonyl (C=O) groups excluding carboxylic acids is 2. The Morgan fingerprint density at radius 2 is 1.97 bits per heavy atom. The molecule has 1 aromatic heterocycles. The fourth-order valence-electron chi connectivity index (χ4n) is 4.95. The van der Waals surface area contributed by atoms with Gasteiger partial charge in [0.2, 0.25) is 11.7 Å². The van der Waals surface area contributed by atoms with Gasteiger partial charge < -0.3 is 19.5 Å². The lowest BCUT2D eigenvalue weighted by molar-refractivity contribution is -0.134. The first kappa shape index (κ1) is 25.8. The highest BCUT2D eigenvalue weighted by atomic mass is 19.1. The van der Waals surface area contributed by atoms with Gasteiger partial charge in [-0.2, -0.15) is 0 Å². The van der Waals surface area contributed by atoms with Crippen LogP contribution in [0, 0.1) is 5.82 Å². The van der Waals surface area contributed by atoms with E-state index in [0.717, 1.165) is 0 Å². The number of aromatic nitrogens is 2. The third-order valence-corrected chi connectivity index (χ3v) is 6.95. The number of amides is 1. The van der Waals surface area contributed by atoms with Crippen LogP contribution in [0.1, 0.15) is 73.4 Å². The Kier molecular flexibility index (Phi) is 8.03. The molecule has 0 fully saturated rings. The zero-order valence-corrected chi connectivity index (χ0v) is 20.7. The third kappa shape index (κ3) is 5.28. The quantitative estimate of drug-likeness (QED) is 0.673. The first-order valence-electron chi connectivity index (χ1n) is 12.4. The largest absolute Gasteiger partial charge is 0.501 e. The molecule has 1 N–H and O–H groups in total. The van der Waals surface area contributed by atoms with Gasteiger partial charge in [0.05, 0.1) is 25.3 Å². The summed E-state index contributed by atoms with van der Waals surface area (Å²) in [5.41, 5.74) is -0.406. The molecule has 2 atom stereocenters. The van der Waals surface area contributed by atoms with Crippen molar-refractivity contribution >= 4 is 11.7 Å². The molecule has 0 aliphatic carbocycles. The van der Waals surface area contributed by atoms with Crippen LogP contribution in [0.2, 0.25) is 0 Å². The summed E-state index contributed by atoms with van der Waals surface area (Å²) in [6.45, 7) is 2.73. The fraction of sp³-hybridized carbons (Fsp3) is 0.538. The van der Waals surface area contributed by atoms with Crippen LogP contribution in [0.15, 0.2) is 23.0 Å². The van der Waals surface area contributed by atoms with Crippen LogP contribution in [0.25, 0.3) is 0 Å². The minimum Gasteiger partial charge on any atom is -0.501 e. The second kappa shape index (κ2) is 11.2. The van der Waals surface area contributed by atoms with Crippen molar-refractivity contribution in [2.75, 3.05) is 20.3 Å². The smallest absolute Gasteiger partial charge is 0.296 e. The van der Waals surface area contributed by atoms with E-state index in [2.05, 4.69) is 4.98 Å². The Morgan fingerprint density at radius 1 is 1.17 bits per heavy atom. The van der Waals surface area contributed by atoms with E-state index in [0.29, 0.717) is 50.1 Å². The monoisotopic (exact) mass is 501 g/mol. The standard InChI is InChI=1S/C26H32FN3O6/c1-3-29-19-11-10-18(35-2)15-30-25(19)28-23(24(33)26(30)34)20(31)12-8-16-7-9-17(27)14-21(16)36-13-5-4-6-22(29)32/h7,9,14,18-19,33H,3-6,8,10-13,15H2,1-2H3/t18-,19?/m0/s1. The number of nitrogens with zero attached hydrogens (tertiary/aromatic N) is 3. The van der Waals surface area contributed by atoms with Crippen LogP contribution in [0.3, 0.4) is 0 Å². The second-order valence-corrected chi connectivity index (χ2v) is 9.19. The molecule has 10 heteroatoms. The number of aryl methyl sites for hydroxylation is 1. The van der Waals surface area contributed by atoms with Gasteiger partial charge in [0, 0.05) is 32.6 Å². The van der Waals surface area contributed by atoms with Gasteiger partial charge in [0.25, 0.3) is 5.56 Å². The molecule has 0 saturated carbocycles. The van der Waals surface area contributed by atoms with Gasteiger partial charge in [-0.3, -0.25) is 19.0 Å². The number of Topliss-reactive ketones (excluding diaryl/α,β-unsaturated/α-hetero) is 1. The summed E-state index contributed by atoms with van der Waals surface area (Å²) < 4.78 is 26.5. The average Bonchev–Trinajstić information content (AvgIpc) is 3.05. The van der Waals surface area contributed by atoms with E-state index >= 15 is 0 Å². The molecule has 9 nitrogen and oxygen atoms in total. The Labute approximate surface area is 208 Å². The zero-order valence-electron chi connectivity index (χ0n) is 20.7. The van der Waals surface area contributed by atoms with E-state index in [-0.39, 0.29) is 49.3 Å². The molecular formula is C26H32FN3O6. The highest BCUT2D eigenvalue weighted by Gasteiger charge is 2.34. The molecule has 2 aromatic rings. The molecule has 0 spiro atoms. The fourth-order valence-corrected chi connectivity index (χ4v) is 4.95. The number of methoxy groups -OCH3 is 1. The summed E-state index contributed by atoms with van der Waals surface area (Å²) in [6.07, 6.45) is 2.39. The van der Waals surface area contributed by atoms with Crippen LogP contribution < -0.4 is 10.3 Å². The molecule has 4 rings (SSSR count). The van der Waals surface area contributed by atoms with Gasteiger partial charge >= 0.3 is 0 Å². The Bertz CT molecular complexity index is 1200. The lowest BCUT2D eigenvalue weighted by Crippen LogP contribution is -2.38. The zero-order chi connectivity index (χ0) is 25.8. The van der Waals surface area contributed by atoms with E-state index in [9.17, 15) is 23.9 Å². The normalized spacial score (nSPS) is 21.5. The maximum absolute atomic E-state index is 13.8. The molecule has 2 aliphatic rings. The van der Waals surface area contributed by atoms with Crippen LogP contribution in [-0.2, 0) is 22.5 Å². The van der Waals surface area contributed by atoms with Crippen LogP contribution in [-0.4, -0.2) is 57.6 Å². The number of hydrogen-bond acceptors (Lipinski definition) is 7. The molecule has 1 amide bonds. The summed E-state index contributed by atoms with van der Waals surface area (Å²) in [6, 6.07) is 3.60. The number of hydrogen-bond donors (Lipinski definition) is 1. The second-order valence-electron chi connectivity index (χ2n) is 9.19. The molecular weight excluding hydrogens is 469 g/mol. The summed E-state index contributed by atoms with van der Waals surface area (Å²) in [7, 11) is 1.55. The number of halogens is 1. The van der Waals surface area contributed by atoms with E-state index in [1.165, 1.54) is 16.7 Å². The van der Waals surface area contributed by atoms with Crippen LogP contribution in [0.5, 0.6) is 11.5 Å². The lowest BCUT2D eigenvalue weighted by atomic mass is 10.0. The molecule has 3 heterocycles. The molecule has 0 saturated heterocycles. The Morgan fingerprint density at radius 3 is 2.72 bits per heavy atom. The van der Waals surface area contributed by atoms with Crippen molar-refractivity contribution in [1.29, 1.82) is 0 Å². The summed E-state index contributed by atoms with van der Waals surface area (Å²) >= 11 is 0. The Balaban J connectivity index is 1.80. The first-order valence-corrected chi connectivity index (χ1v) is 12.4. The molecule has 36 heavy (non-hydrogen) atoms.